The van der Waals surface area contributed by atoms with Crippen molar-refractivity contribution in [3.05, 3.63) is 53.5 Å². The van der Waals surface area contributed by atoms with Gasteiger partial charge in [-0.05, 0) is 47.9 Å². The first kappa shape index (κ1) is 19.8. The third-order valence-electron chi connectivity index (χ3n) is 5.52. The van der Waals surface area contributed by atoms with Crippen LogP contribution in [0.1, 0.15) is 23.8 Å². The molecule has 1 aromatic heterocycles. The Morgan fingerprint density at radius 3 is 2.66 bits per heavy atom. The molecular formula is C21H23NO7. The molecule has 2 aliphatic rings. The summed E-state index contributed by atoms with van der Waals surface area (Å²) in [5, 5.41) is 42.6. The molecule has 2 heterocycles. The van der Waals surface area contributed by atoms with Crippen molar-refractivity contribution in [3.8, 4) is 0 Å². The third kappa shape index (κ3) is 3.50. The van der Waals surface area contributed by atoms with Crippen molar-refractivity contribution in [3.63, 3.8) is 0 Å². The largest absolute Gasteiger partial charge is 0.464 e. The number of ether oxygens (including phenoxy) is 1. The molecule has 2 aromatic rings. The molecule has 1 fully saturated rings. The number of nitrogens with one attached hydrogen (secondary N) is 1. The molecule has 0 bridgehead atoms. The van der Waals surface area contributed by atoms with E-state index in [0.29, 0.717) is 17.0 Å². The smallest absolute Gasteiger partial charge is 0.178 e. The number of carbonyl (C=O) groups excluding carboxylic acids is 1. The van der Waals surface area contributed by atoms with Crippen LogP contribution in [0.15, 0.2) is 41.0 Å². The second-order valence-corrected chi connectivity index (χ2v) is 7.35. The topological polar surface area (TPSA) is 132 Å². The highest BCUT2D eigenvalue weighted by Gasteiger charge is 2.43. The van der Waals surface area contributed by atoms with E-state index >= 15 is 0 Å². The van der Waals surface area contributed by atoms with Gasteiger partial charge in [0.15, 0.2) is 12.1 Å². The van der Waals surface area contributed by atoms with E-state index < -0.39 is 37.3 Å². The molecule has 1 saturated heterocycles. The van der Waals surface area contributed by atoms with Gasteiger partial charge in [-0.1, -0.05) is 6.07 Å². The van der Waals surface area contributed by atoms with Crippen molar-refractivity contribution in [2.45, 2.75) is 44.0 Å². The number of Topliss-reactive ketones (excluding diaryl/α,β-unsaturated/α-hetero) is 1. The standard InChI is InChI=1S/C21H23NO7/c1-10-13-5-4-12(22-18-20(26)19(25)16(9-23)29-21(18)27)7-11(13)8-14(24)17(10)15-3-2-6-28-15/h2-7,16,18-23,25-27H,8-9H2,1H3/t16?,18?,19-,20-,21?/m1/s1. The molecule has 5 N–H and O–H groups in total. The van der Waals surface area contributed by atoms with Crippen molar-refractivity contribution >= 4 is 22.6 Å². The Hall–Kier alpha value is -2.49. The first-order chi connectivity index (χ1) is 13.9. The molecule has 8 nitrogen and oxygen atoms in total. The van der Waals surface area contributed by atoms with E-state index in [1.807, 2.05) is 13.0 Å². The Labute approximate surface area is 167 Å². The maximum atomic E-state index is 12.7. The van der Waals surface area contributed by atoms with Crippen LogP contribution in [0.5, 0.6) is 0 Å². The molecule has 5 atom stereocenters. The zero-order chi connectivity index (χ0) is 20.7. The first-order valence-electron chi connectivity index (χ1n) is 9.39. The summed E-state index contributed by atoms with van der Waals surface area (Å²) in [6.07, 6.45) is -3.45. The van der Waals surface area contributed by atoms with E-state index in [0.717, 1.165) is 16.7 Å². The van der Waals surface area contributed by atoms with Crippen LogP contribution < -0.4 is 5.32 Å². The van der Waals surface area contributed by atoms with Crippen LogP contribution in [0.4, 0.5) is 5.69 Å². The van der Waals surface area contributed by atoms with Crippen molar-refractivity contribution < 1.29 is 34.4 Å². The Balaban J connectivity index is 1.60. The van der Waals surface area contributed by atoms with Crippen LogP contribution in [-0.2, 0) is 16.0 Å². The molecule has 0 radical (unpaired) electrons. The van der Waals surface area contributed by atoms with E-state index in [4.69, 9.17) is 9.15 Å². The summed E-state index contributed by atoms with van der Waals surface area (Å²) in [6.45, 7) is 1.35. The van der Waals surface area contributed by atoms with Gasteiger partial charge in [0.05, 0.1) is 18.4 Å². The van der Waals surface area contributed by atoms with Crippen LogP contribution in [-0.4, -0.2) is 63.5 Å². The quantitative estimate of drug-likeness (QED) is 0.502. The first-order valence-corrected chi connectivity index (χ1v) is 9.39. The fourth-order valence-electron chi connectivity index (χ4n) is 3.99. The van der Waals surface area contributed by atoms with E-state index in [-0.39, 0.29) is 12.2 Å². The number of aliphatic hydroxyl groups excluding tert-OH is 4. The average Bonchev–Trinajstić information content (AvgIpc) is 3.22. The van der Waals surface area contributed by atoms with Gasteiger partial charge in [-0.2, -0.15) is 0 Å². The number of hydrogen-bond acceptors (Lipinski definition) is 8. The van der Waals surface area contributed by atoms with Gasteiger partial charge in [0.2, 0.25) is 0 Å². The number of furan rings is 1. The lowest BCUT2D eigenvalue weighted by Crippen LogP contribution is -2.61. The summed E-state index contributed by atoms with van der Waals surface area (Å²) in [6, 6.07) is 7.90. The molecule has 4 rings (SSSR count). The molecule has 0 spiro atoms. The molecule has 1 aliphatic heterocycles. The summed E-state index contributed by atoms with van der Waals surface area (Å²) < 4.78 is 10.6. The highest BCUT2D eigenvalue weighted by molar-refractivity contribution is 6.29. The fourth-order valence-corrected chi connectivity index (χ4v) is 3.99. The van der Waals surface area contributed by atoms with Gasteiger partial charge in [-0.3, -0.25) is 4.79 Å². The highest BCUT2D eigenvalue weighted by Crippen LogP contribution is 2.36. The molecule has 0 amide bonds. The molecule has 154 valence electrons. The maximum Gasteiger partial charge on any atom is 0.178 e. The van der Waals surface area contributed by atoms with Gasteiger partial charge in [0.25, 0.3) is 0 Å². The number of hydrogen-bond donors (Lipinski definition) is 5. The van der Waals surface area contributed by atoms with Crippen molar-refractivity contribution in [2.24, 2.45) is 0 Å². The van der Waals surface area contributed by atoms with Crippen molar-refractivity contribution in [1.29, 1.82) is 0 Å². The van der Waals surface area contributed by atoms with Gasteiger partial charge < -0.3 is 34.9 Å². The van der Waals surface area contributed by atoms with Gasteiger partial charge in [-0.25, -0.2) is 0 Å². The van der Waals surface area contributed by atoms with Crippen LogP contribution in [0.3, 0.4) is 0 Å². The van der Waals surface area contributed by atoms with Crippen molar-refractivity contribution in [2.75, 3.05) is 11.9 Å². The Kier molecular flexibility index (Phi) is 5.28. The highest BCUT2D eigenvalue weighted by atomic mass is 16.6. The fraction of sp³-hybridized carbons (Fsp3) is 0.381. The van der Waals surface area contributed by atoms with Crippen LogP contribution in [0.2, 0.25) is 0 Å². The molecule has 1 aromatic carbocycles. The summed E-state index contributed by atoms with van der Waals surface area (Å²) >= 11 is 0. The molecule has 1 aliphatic carbocycles. The number of ketones is 1. The lowest BCUT2D eigenvalue weighted by Gasteiger charge is -2.40. The van der Waals surface area contributed by atoms with Crippen LogP contribution in [0.25, 0.3) is 11.1 Å². The minimum absolute atomic E-state index is 0.0515. The predicted octanol–water partition coefficient (Wildman–Crippen LogP) is 0.547. The van der Waals surface area contributed by atoms with Gasteiger partial charge in [-0.15, -0.1) is 0 Å². The second-order valence-electron chi connectivity index (χ2n) is 7.35. The molecular weight excluding hydrogens is 378 g/mol. The maximum absolute atomic E-state index is 12.7. The van der Waals surface area contributed by atoms with Crippen LogP contribution in [0, 0.1) is 0 Å². The molecule has 8 heteroatoms. The minimum atomic E-state index is -1.42. The lowest BCUT2D eigenvalue weighted by molar-refractivity contribution is -0.245. The third-order valence-corrected chi connectivity index (χ3v) is 5.52. The SMILES string of the molecule is CC1=C(c2ccco2)C(=O)Cc2cc(NC3C(O)OC(CO)[C@@H](O)[C@@H]3O)ccc21. The monoisotopic (exact) mass is 401 g/mol. The Morgan fingerprint density at radius 2 is 1.97 bits per heavy atom. The lowest BCUT2D eigenvalue weighted by atomic mass is 9.84. The number of aliphatic hydroxyl groups is 4. The molecule has 29 heavy (non-hydrogen) atoms. The molecule has 3 unspecified atom stereocenters. The summed E-state index contributed by atoms with van der Waals surface area (Å²) in [5.41, 5.74) is 3.67. The van der Waals surface area contributed by atoms with Gasteiger partial charge in [0.1, 0.15) is 30.1 Å². The minimum Gasteiger partial charge on any atom is -0.464 e. The average molecular weight is 401 g/mol. The van der Waals surface area contributed by atoms with Crippen LogP contribution >= 0.6 is 0 Å². The van der Waals surface area contributed by atoms with Gasteiger partial charge >= 0.3 is 0 Å². The van der Waals surface area contributed by atoms with E-state index in [1.54, 1.807) is 24.3 Å². The Morgan fingerprint density at radius 1 is 1.17 bits per heavy atom. The zero-order valence-corrected chi connectivity index (χ0v) is 15.8. The van der Waals surface area contributed by atoms with E-state index in [2.05, 4.69) is 5.32 Å². The van der Waals surface area contributed by atoms with E-state index in [1.165, 1.54) is 6.26 Å². The van der Waals surface area contributed by atoms with Gasteiger partial charge in [0, 0.05) is 12.1 Å². The molecule has 0 saturated carbocycles. The predicted molar refractivity (Wildman–Crippen MR) is 104 cm³/mol. The zero-order valence-electron chi connectivity index (χ0n) is 15.8. The number of fused-ring (bicyclic) bond motifs is 1. The number of carbonyl (C=O) groups is 1. The Bertz CT molecular complexity index is 937. The summed E-state index contributed by atoms with van der Waals surface area (Å²) in [5.74, 6) is 0.489. The number of rotatable bonds is 4. The van der Waals surface area contributed by atoms with E-state index in [9.17, 15) is 25.2 Å². The van der Waals surface area contributed by atoms with Crippen molar-refractivity contribution in [1.82, 2.24) is 0 Å². The normalized spacial score (nSPS) is 29.7. The second kappa shape index (κ2) is 7.74. The number of benzene rings is 1. The summed E-state index contributed by atoms with van der Waals surface area (Å²) in [7, 11) is 0. The number of anilines is 1. The summed E-state index contributed by atoms with van der Waals surface area (Å²) in [4.78, 5) is 12.7. The number of allylic oxidation sites excluding steroid dienone is 2.